The Hall–Kier alpha value is -2.36. The Bertz CT molecular complexity index is 701. The van der Waals surface area contributed by atoms with Crippen LogP contribution in [-0.4, -0.2) is 31.3 Å². The SMILES string of the molecule is CCN=C(N)c1ccc2cc(C3=NCCN3)ccc2c1. The summed E-state index contributed by atoms with van der Waals surface area (Å²) in [6, 6.07) is 12.5. The molecule has 0 atom stereocenters. The standard InChI is InChI=1S/C16H18N4/c1-2-18-15(17)13-5-3-12-10-14(6-4-11(12)9-13)16-19-7-8-20-16/h3-6,9-10H,2,7-8H2,1H3,(H2,17,18)(H,19,20). The second kappa shape index (κ2) is 5.33. The maximum atomic E-state index is 5.95. The highest BCUT2D eigenvalue weighted by Gasteiger charge is 2.08. The summed E-state index contributed by atoms with van der Waals surface area (Å²) in [7, 11) is 0. The predicted molar refractivity (Wildman–Crippen MR) is 84.6 cm³/mol. The van der Waals surface area contributed by atoms with Crippen LogP contribution in [0.2, 0.25) is 0 Å². The Morgan fingerprint density at radius 2 is 2.05 bits per heavy atom. The van der Waals surface area contributed by atoms with E-state index in [1.54, 1.807) is 0 Å². The molecular weight excluding hydrogens is 248 g/mol. The maximum absolute atomic E-state index is 5.95. The quantitative estimate of drug-likeness (QED) is 0.658. The number of nitrogens with zero attached hydrogens (tertiary/aromatic N) is 2. The molecule has 102 valence electrons. The second-order valence-corrected chi connectivity index (χ2v) is 4.79. The molecule has 20 heavy (non-hydrogen) atoms. The lowest BCUT2D eigenvalue weighted by atomic mass is 10.0. The molecule has 0 amide bonds. The molecule has 0 saturated carbocycles. The lowest BCUT2D eigenvalue weighted by Gasteiger charge is -2.06. The van der Waals surface area contributed by atoms with Gasteiger partial charge in [-0.2, -0.15) is 0 Å². The fraction of sp³-hybridized carbons (Fsp3) is 0.250. The smallest absolute Gasteiger partial charge is 0.128 e. The zero-order valence-electron chi connectivity index (χ0n) is 11.6. The van der Waals surface area contributed by atoms with E-state index in [0.717, 1.165) is 30.1 Å². The van der Waals surface area contributed by atoms with Crippen LogP contribution in [0.5, 0.6) is 0 Å². The van der Waals surface area contributed by atoms with E-state index in [9.17, 15) is 0 Å². The lowest BCUT2D eigenvalue weighted by Crippen LogP contribution is -2.19. The fourth-order valence-electron chi connectivity index (χ4n) is 2.41. The van der Waals surface area contributed by atoms with Crippen LogP contribution >= 0.6 is 0 Å². The van der Waals surface area contributed by atoms with Crippen LogP contribution in [0.15, 0.2) is 46.4 Å². The van der Waals surface area contributed by atoms with E-state index in [1.165, 1.54) is 10.8 Å². The van der Waals surface area contributed by atoms with Crippen molar-refractivity contribution < 1.29 is 0 Å². The molecule has 0 unspecified atom stereocenters. The minimum Gasteiger partial charge on any atom is -0.384 e. The summed E-state index contributed by atoms with van der Waals surface area (Å²) in [6.45, 7) is 4.47. The molecule has 0 fully saturated rings. The van der Waals surface area contributed by atoms with Gasteiger partial charge in [0.2, 0.25) is 0 Å². The summed E-state index contributed by atoms with van der Waals surface area (Å²) < 4.78 is 0. The van der Waals surface area contributed by atoms with Gasteiger partial charge in [0.25, 0.3) is 0 Å². The van der Waals surface area contributed by atoms with Crippen molar-refractivity contribution in [2.45, 2.75) is 6.92 Å². The molecule has 0 spiro atoms. The fourth-order valence-corrected chi connectivity index (χ4v) is 2.41. The van der Waals surface area contributed by atoms with Crippen LogP contribution in [0.25, 0.3) is 10.8 Å². The van der Waals surface area contributed by atoms with Gasteiger partial charge in [0.1, 0.15) is 11.7 Å². The number of nitrogens with two attached hydrogens (primary N) is 1. The summed E-state index contributed by atoms with van der Waals surface area (Å²) in [6.07, 6.45) is 0. The highest BCUT2D eigenvalue weighted by Crippen LogP contribution is 2.18. The Morgan fingerprint density at radius 1 is 1.25 bits per heavy atom. The minimum atomic E-state index is 0.598. The Morgan fingerprint density at radius 3 is 2.80 bits per heavy atom. The zero-order chi connectivity index (χ0) is 13.9. The van der Waals surface area contributed by atoms with Gasteiger partial charge in [-0.05, 0) is 29.8 Å². The van der Waals surface area contributed by atoms with Crippen LogP contribution in [0, 0.1) is 0 Å². The van der Waals surface area contributed by atoms with Crippen molar-refractivity contribution >= 4 is 22.4 Å². The van der Waals surface area contributed by atoms with Crippen LogP contribution < -0.4 is 11.1 Å². The van der Waals surface area contributed by atoms with Gasteiger partial charge in [0.15, 0.2) is 0 Å². The first-order chi connectivity index (χ1) is 9.78. The predicted octanol–water partition coefficient (Wildman–Crippen LogP) is 1.91. The van der Waals surface area contributed by atoms with E-state index in [1.807, 2.05) is 13.0 Å². The average molecular weight is 266 g/mol. The van der Waals surface area contributed by atoms with E-state index in [2.05, 4.69) is 45.6 Å². The number of fused-ring (bicyclic) bond motifs is 1. The molecule has 2 aromatic rings. The molecule has 1 aliphatic heterocycles. The molecular formula is C16H18N4. The molecule has 0 radical (unpaired) electrons. The number of rotatable bonds is 3. The second-order valence-electron chi connectivity index (χ2n) is 4.79. The largest absolute Gasteiger partial charge is 0.384 e. The molecule has 0 bridgehead atoms. The van der Waals surface area contributed by atoms with Gasteiger partial charge in [-0.3, -0.25) is 9.98 Å². The van der Waals surface area contributed by atoms with Gasteiger partial charge in [-0.15, -0.1) is 0 Å². The minimum absolute atomic E-state index is 0.598. The van der Waals surface area contributed by atoms with Gasteiger partial charge >= 0.3 is 0 Å². The third-order valence-electron chi connectivity index (χ3n) is 3.41. The molecule has 2 aromatic carbocycles. The van der Waals surface area contributed by atoms with Crippen LogP contribution in [-0.2, 0) is 0 Å². The van der Waals surface area contributed by atoms with Gasteiger partial charge in [-0.25, -0.2) is 0 Å². The van der Waals surface area contributed by atoms with Crippen molar-refractivity contribution in [3.8, 4) is 0 Å². The number of amidine groups is 2. The molecule has 0 saturated heterocycles. The van der Waals surface area contributed by atoms with Crippen LogP contribution in [0.1, 0.15) is 18.1 Å². The van der Waals surface area contributed by atoms with Gasteiger partial charge < -0.3 is 11.1 Å². The monoisotopic (exact) mass is 266 g/mol. The van der Waals surface area contributed by atoms with Crippen molar-refractivity contribution in [3.63, 3.8) is 0 Å². The highest BCUT2D eigenvalue weighted by atomic mass is 15.1. The molecule has 1 heterocycles. The van der Waals surface area contributed by atoms with Crippen LogP contribution in [0.4, 0.5) is 0 Å². The third kappa shape index (κ3) is 2.37. The average Bonchev–Trinajstić information content (AvgIpc) is 3.00. The van der Waals surface area contributed by atoms with Crippen molar-refractivity contribution in [3.05, 3.63) is 47.5 Å². The van der Waals surface area contributed by atoms with Crippen LogP contribution in [0.3, 0.4) is 0 Å². The maximum Gasteiger partial charge on any atom is 0.128 e. The van der Waals surface area contributed by atoms with E-state index < -0.39 is 0 Å². The molecule has 3 rings (SSSR count). The summed E-state index contributed by atoms with van der Waals surface area (Å²) in [5, 5.41) is 5.65. The van der Waals surface area contributed by atoms with E-state index in [-0.39, 0.29) is 0 Å². The molecule has 3 N–H and O–H groups in total. The topological polar surface area (TPSA) is 62.8 Å². The molecule has 0 aliphatic carbocycles. The van der Waals surface area contributed by atoms with Crippen molar-refractivity contribution in [2.24, 2.45) is 15.7 Å². The summed E-state index contributed by atoms with van der Waals surface area (Å²) in [5.41, 5.74) is 8.06. The summed E-state index contributed by atoms with van der Waals surface area (Å²) in [5.74, 6) is 1.59. The first-order valence-corrected chi connectivity index (χ1v) is 6.91. The molecule has 4 heteroatoms. The first kappa shape index (κ1) is 12.7. The Kier molecular flexibility index (Phi) is 3.37. The Balaban J connectivity index is 2.00. The molecule has 1 aliphatic rings. The van der Waals surface area contributed by atoms with Gasteiger partial charge in [0.05, 0.1) is 6.54 Å². The molecule has 4 nitrogen and oxygen atoms in total. The number of aliphatic imine (C=N–C) groups is 2. The van der Waals surface area contributed by atoms with E-state index >= 15 is 0 Å². The number of hydrogen-bond donors (Lipinski definition) is 2. The van der Waals surface area contributed by atoms with Gasteiger partial charge in [0, 0.05) is 24.2 Å². The highest BCUT2D eigenvalue weighted by molar-refractivity contribution is 6.04. The number of benzene rings is 2. The van der Waals surface area contributed by atoms with Crippen molar-refractivity contribution in [1.29, 1.82) is 0 Å². The summed E-state index contributed by atoms with van der Waals surface area (Å²) in [4.78, 5) is 8.70. The van der Waals surface area contributed by atoms with Crippen molar-refractivity contribution in [2.75, 3.05) is 19.6 Å². The van der Waals surface area contributed by atoms with Gasteiger partial charge in [-0.1, -0.05) is 24.3 Å². The number of hydrogen-bond acceptors (Lipinski definition) is 3. The van der Waals surface area contributed by atoms with Crippen molar-refractivity contribution in [1.82, 2.24) is 5.32 Å². The number of nitrogens with one attached hydrogen (secondary N) is 1. The normalized spacial score (nSPS) is 15.2. The zero-order valence-corrected chi connectivity index (χ0v) is 11.6. The summed E-state index contributed by atoms with van der Waals surface area (Å²) >= 11 is 0. The van der Waals surface area contributed by atoms with E-state index in [0.29, 0.717) is 12.4 Å². The Labute approximate surface area is 118 Å². The lowest BCUT2D eigenvalue weighted by molar-refractivity contribution is 0.960. The van der Waals surface area contributed by atoms with E-state index in [4.69, 9.17) is 5.73 Å². The first-order valence-electron chi connectivity index (χ1n) is 6.91. The molecule has 0 aromatic heterocycles. The third-order valence-corrected chi connectivity index (χ3v) is 3.41.